The zero-order valence-corrected chi connectivity index (χ0v) is 22.9. The molecule has 1 aliphatic heterocycles. The standard InChI is InChI=1S/C30H36N6O3/c1-20(31)27-24(18-25(37)33-29(27)32-2)30(39)35-15-16-36(23(19-35)17-26(38)34(3)4)28(21-11-7-5-8-12-21)22-13-9-6-10-14-22/h5-14,18,23,28,31H,15-17,19H2,1-4H3,(H2,32,33,37)/t23-/m1/s1. The van der Waals surface area contributed by atoms with Gasteiger partial charge in [-0.3, -0.25) is 19.3 Å². The van der Waals surface area contributed by atoms with Gasteiger partial charge in [0.25, 0.3) is 5.91 Å². The highest BCUT2D eigenvalue weighted by atomic mass is 16.2. The second-order valence-electron chi connectivity index (χ2n) is 10.0. The summed E-state index contributed by atoms with van der Waals surface area (Å²) in [5.41, 5.74) is 2.53. The molecule has 0 aliphatic carbocycles. The fourth-order valence-electron chi connectivity index (χ4n) is 5.28. The number of hydrogen-bond acceptors (Lipinski definition) is 6. The van der Waals surface area contributed by atoms with Crippen molar-refractivity contribution in [3.05, 3.63) is 99.3 Å². The Kier molecular flexibility index (Phi) is 8.61. The highest BCUT2D eigenvalue weighted by molar-refractivity contribution is 6.11. The van der Waals surface area contributed by atoms with Crippen LogP contribution in [0, 0.1) is 5.41 Å². The third-order valence-corrected chi connectivity index (χ3v) is 7.19. The van der Waals surface area contributed by atoms with Crippen LogP contribution < -0.4 is 10.9 Å². The lowest BCUT2D eigenvalue weighted by Gasteiger charge is -2.45. The topological polar surface area (TPSA) is 113 Å². The number of aromatic nitrogens is 1. The molecule has 9 heteroatoms. The maximum absolute atomic E-state index is 13.9. The molecular formula is C30H36N6O3. The molecule has 1 aromatic heterocycles. The Balaban J connectivity index is 1.73. The number of amides is 2. The highest BCUT2D eigenvalue weighted by Crippen LogP contribution is 2.33. The van der Waals surface area contributed by atoms with Gasteiger partial charge in [-0.2, -0.15) is 0 Å². The van der Waals surface area contributed by atoms with E-state index in [-0.39, 0.29) is 41.6 Å². The Hall–Kier alpha value is -4.24. The fraction of sp³-hybridized carbons (Fsp3) is 0.333. The molecule has 1 saturated heterocycles. The molecule has 9 nitrogen and oxygen atoms in total. The van der Waals surface area contributed by atoms with E-state index >= 15 is 0 Å². The quantitative estimate of drug-likeness (QED) is 0.389. The van der Waals surface area contributed by atoms with Crippen LogP contribution in [0.1, 0.15) is 46.4 Å². The van der Waals surface area contributed by atoms with E-state index < -0.39 is 5.56 Å². The zero-order valence-electron chi connectivity index (χ0n) is 22.9. The van der Waals surface area contributed by atoms with Crippen LogP contribution in [0.5, 0.6) is 0 Å². The SMILES string of the molecule is CNc1[nH]c(=O)cc(C(=O)N2CCN(C(c3ccccc3)c3ccccc3)[C@H](CC(=O)N(C)C)C2)c1C(C)=N. The molecule has 0 unspecified atom stereocenters. The van der Waals surface area contributed by atoms with Crippen LogP contribution in [0.3, 0.4) is 0 Å². The first kappa shape index (κ1) is 27.8. The normalized spacial score (nSPS) is 15.7. The summed E-state index contributed by atoms with van der Waals surface area (Å²) in [5.74, 6) is -0.00881. The maximum atomic E-state index is 13.9. The number of pyridine rings is 1. The van der Waals surface area contributed by atoms with E-state index in [1.165, 1.54) is 6.07 Å². The van der Waals surface area contributed by atoms with Gasteiger partial charge in [0.05, 0.1) is 11.6 Å². The number of carbonyl (C=O) groups is 2. The van der Waals surface area contributed by atoms with E-state index in [4.69, 9.17) is 5.41 Å². The van der Waals surface area contributed by atoms with Crippen molar-refractivity contribution in [2.45, 2.75) is 25.4 Å². The second kappa shape index (κ2) is 12.1. The molecule has 39 heavy (non-hydrogen) atoms. The minimum Gasteiger partial charge on any atom is -0.374 e. The summed E-state index contributed by atoms with van der Waals surface area (Å²) in [7, 11) is 5.11. The molecule has 0 radical (unpaired) electrons. The number of H-pyrrole nitrogens is 1. The van der Waals surface area contributed by atoms with Gasteiger partial charge in [-0.05, 0) is 18.1 Å². The predicted molar refractivity (Wildman–Crippen MR) is 154 cm³/mol. The first-order chi connectivity index (χ1) is 18.7. The number of nitrogens with zero attached hydrogens (tertiary/aromatic N) is 3. The van der Waals surface area contributed by atoms with E-state index in [0.29, 0.717) is 31.0 Å². The number of carbonyl (C=O) groups excluding carboxylic acids is 2. The van der Waals surface area contributed by atoms with E-state index in [9.17, 15) is 14.4 Å². The minimum absolute atomic E-state index is 0.0242. The van der Waals surface area contributed by atoms with Crippen LogP contribution in [-0.2, 0) is 4.79 Å². The number of piperazine rings is 1. The van der Waals surface area contributed by atoms with Crippen molar-refractivity contribution < 1.29 is 9.59 Å². The lowest BCUT2D eigenvalue weighted by Crippen LogP contribution is -2.57. The van der Waals surface area contributed by atoms with Crippen molar-refractivity contribution in [3.63, 3.8) is 0 Å². The Morgan fingerprint density at radius 1 is 1.05 bits per heavy atom. The third kappa shape index (κ3) is 6.09. The van der Waals surface area contributed by atoms with Gasteiger partial charge >= 0.3 is 0 Å². The molecule has 0 saturated carbocycles. The van der Waals surface area contributed by atoms with Crippen molar-refractivity contribution in [2.75, 3.05) is 46.1 Å². The largest absolute Gasteiger partial charge is 0.374 e. The number of anilines is 1. The number of hydrogen-bond donors (Lipinski definition) is 3. The van der Waals surface area contributed by atoms with Crippen molar-refractivity contribution in [3.8, 4) is 0 Å². The van der Waals surface area contributed by atoms with Gasteiger partial charge in [-0.15, -0.1) is 0 Å². The second-order valence-corrected chi connectivity index (χ2v) is 10.0. The smallest absolute Gasteiger partial charge is 0.254 e. The molecular weight excluding hydrogens is 492 g/mol. The molecule has 0 spiro atoms. The molecule has 1 atom stereocenters. The van der Waals surface area contributed by atoms with Gasteiger partial charge in [-0.1, -0.05) is 60.7 Å². The predicted octanol–water partition coefficient (Wildman–Crippen LogP) is 3.20. The van der Waals surface area contributed by atoms with Crippen LogP contribution in [0.2, 0.25) is 0 Å². The van der Waals surface area contributed by atoms with E-state index in [2.05, 4.69) is 39.5 Å². The third-order valence-electron chi connectivity index (χ3n) is 7.19. The minimum atomic E-state index is -0.418. The summed E-state index contributed by atoms with van der Waals surface area (Å²) in [5, 5.41) is 11.2. The van der Waals surface area contributed by atoms with Gasteiger partial charge < -0.3 is 25.5 Å². The Labute approximate surface area is 229 Å². The molecule has 3 N–H and O–H groups in total. The summed E-state index contributed by atoms with van der Waals surface area (Å²) in [6.45, 7) is 2.85. The highest BCUT2D eigenvalue weighted by Gasteiger charge is 2.37. The molecule has 1 fully saturated rings. The molecule has 3 aromatic rings. The van der Waals surface area contributed by atoms with Gasteiger partial charge in [0.15, 0.2) is 0 Å². The monoisotopic (exact) mass is 528 g/mol. The number of nitrogens with one attached hydrogen (secondary N) is 3. The number of benzene rings is 2. The summed E-state index contributed by atoms with van der Waals surface area (Å²) in [6.07, 6.45) is 0.237. The van der Waals surface area contributed by atoms with Gasteiger partial charge in [0.1, 0.15) is 5.82 Å². The van der Waals surface area contributed by atoms with Gasteiger partial charge in [0, 0.05) is 70.6 Å². The summed E-state index contributed by atoms with van der Waals surface area (Å²) < 4.78 is 0. The number of rotatable bonds is 8. The zero-order chi connectivity index (χ0) is 28.1. The molecule has 2 heterocycles. The summed E-state index contributed by atoms with van der Waals surface area (Å²) >= 11 is 0. The van der Waals surface area contributed by atoms with E-state index in [0.717, 1.165) is 11.1 Å². The molecule has 2 aromatic carbocycles. The van der Waals surface area contributed by atoms with Crippen LogP contribution in [0.15, 0.2) is 71.5 Å². The maximum Gasteiger partial charge on any atom is 0.254 e. The fourth-order valence-corrected chi connectivity index (χ4v) is 5.28. The molecule has 4 rings (SSSR count). The average molecular weight is 529 g/mol. The molecule has 204 valence electrons. The van der Waals surface area contributed by atoms with Crippen LogP contribution in [-0.4, -0.2) is 84.0 Å². The van der Waals surface area contributed by atoms with Crippen molar-refractivity contribution in [2.24, 2.45) is 0 Å². The molecule has 1 aliphatic rings. The Bertz CT molecular complexity index is 1350. The van der Waals surface area contributed by atoms with Crippen molar-refractivity contribution in [1.29, 1.82) is 5.41 Å². The molecule has 0 bridgehead atoms. The first-order valence-corrected chi connectivity index (χ1v) is 13.1. The van der Waals surface area contributed by atoms with Crippen molar-refractivity contribution >= 4 is 23.3 Å². The molecule has 2 amide bonds. The lowest BCUT2D eigenvalue weighted by atomic mass is 9.93. The lowest BCUT2D eigenvalue weighted by molar-refractivity contribution is -0.130. The van der Waals surface area contributed by atoms with Crippen LogP contribution in [0.4, 0.5) is 5.82 Å². The van der Waals surface area contributed by atoms with Crippen molar-refractivity contribution in [1.82, 2.24) is 19.7 Å². The van der Waals surface area contributed by atoms with Crippen LogP contribution >= 0.6 is 0 Å². The first-order valence-electron chi connectivity index (χ1n) is 13.1. The van der Waals surface area contributed by atoms with E-state index in [1.54, 1.807) is 37.9 Å². The Morgan fingerprint density at radius 3 is 2.15 bits per heavy atom. The van der Waals surface area contributed by atoms with Crippen LogP contribution in [0.25, 0.3) is 0 Å². The summed E-state index contributed by atoms with van der Waals surface area (Å²) in [6, 6.07) is 21.3. The number of aromatic amines is 1. The van der Waals surface area contributed by atoms with E-state index in [1.807, 2.05) is 36.4 Å². The van der Waals surface area contributed by atoms with Gasteiger partial charge in [0.2, 0.25) is 11.5 Å². The Morgan fingerprint density at radius 2 is 1.64 bits per heavy atom. The van der Waals surface area contributed by atoms with Gasteiger partial charge in [-0.25, -0.2) is 0 Å². The summed E-state index contributed by atoms with van der Waals surface area (Å²) in [4.78, 5) is 47.5. The average Bonchev–Trinajstić information content (AvgIpc) is 2.93.